The molecule has 0 heteroatoms. The summed E-state index contributed by atoms with van der Waals surface area (Å²) in [6.45, 7) is 2.45. The number of hydrogen-bond donors (Lipinski definition) is 0. The fraction of sp³-hybridized carbons (Fsp3) is 0.286. The molecule has 0 heterocycles. The van der Waals surface area contributed by atoms with Crippen LogP contribution in [0.25, 0.3) is 17.2 Å². The molecule has 0 nitrogen and oxygen atoms in total. The monoisotopic (exact) mass is 364 g/mol. The van der Waals surface area contributed by atoms with E-state index in [0.717, 1.165) is 0 Å². The minimum atomic E-state index is 0.160. The third-order valence-corrected chi connectivity index (χ3v) is 6.93. The summed E-state index contributed by atoms with van der Waals surface area (Å²) in [5, 5.41) is 0. The Labute approximate surface area is 168 Å². The molecule has 0 spiro atoms. The minimum Gasteiger partial charge on any atom is -0.0764 e. The number of rotatable bonds is 6. The molecule has 3 aromatic rings. The molecule has 3 aromatic carbocycles. The topological polar surface area (TPSA) is 0 Å². The van der Waals surface area contributed by atoms with Crippen molar-refractivity contribution in [2.75, 3.05) is 0 Å². The smallest absolute Gasteiger partial charge is 0.0187 e. The summed E-state index contributed by atoms with van der Waals surface area (Å²) in [7, 11) is 0. The van der Waals surface area contributed by atoms with Gasteiger partial charge in [-0.25, -0.2) is 0 Å². The van der Waals surface area contributed by atoms with E-state index in [1.165, 1.54) is 65.5 Å². The Bertz CT molecular complexity index is 978. The van der Waals surface area contributed by atoms with Gasteiger partial charge in [0.2, 0.25) is 0 Å². The zero-order valence-electron chi connectivity index (χ0n) is 16.7. The lowest BCUT2D eigenvalue weighted by molar-refractivity contribution is 0.481. The van der Waals surface area contributed by atoms with Gasteiger partial charge in [0.05, 0.1) is 0 Å². The Balaban J connectivity index is 1.23. The molecule has 1 unspecified atom stereocenters. The lowest BCUT2D eigenvalue weighted by Gasteiger charge is -2.27. The lowest BCUT2D eigenvalue weighted by atomic mass is 9.76. The first kappa shape index (κ1) is 17.5. The maximum absolute atomic E-state index is 2.45. The fourth-order valence-corrected chi connectivity index (χ4v) is 5.41. The van der Waals surface area contributed by atoms with Gasteiger partial charge in [0, 0.05) is 11.3 Å². The van der Waals surface area contributed by atoms with Gasteiger partial charge in [0.25, 0.3) is 0 Å². The quantitative estimate of drug-likeness (QED) is 0.392. The second kappa shape index (κ2) is 7.09. The molecule has 28 heavy (non-hydrogen) atoms. The van der Waals surface area contributed by atoms with Gasteiger partial charge in [-0.1, -0.05) is 111 Å². The summed E-state index contributed by atoms with van der Waals surface area (Å²) < 4.78 is 0. The van der Waals surface area contributed by atoms with Gasteiger partial charge < -0.3 is 0 Å². The van der Waals surface area contributed by atoms with Crippen LogP contribution in [0.3, 0.4) is 0 Å². The Morgan fingerprint density at radius 1 is 0.714 bits per heavy atom. The van der Waals surface area contributed by atoms with Crippen LogP contribution in [0.15, 0.2) is 78.9 Å². The van der Waals surface area contributed by atoms with Crippen molar-refractivity contribution in [3.8, 4) is 11.1 Å². The number of allylic oxidation sites excluding steroid dienone is 1. The Kier molecular flexibility index (Phi) is 4.43. The zero-order valence-corrected chi connectivity index (χ0v) is 16.7. The molecule has 0 aromatic heterocycles. The third kappa shape index (κ3) is 2.83. The maximum atomic E-state index is 2.45. The highest BCUT2D eigenvalue weighted by molar-refractivity contribution is 5.80. The Hall–Kier alpha value is -2.60. The van der Waals surface area contributed by atoms with Crippen molar-refractivity contribution >= 4 is 6.08 Å². The molecule has 0 aliphatic heterocycles. The van der Waals surface area contributed by atoms with Crippen molar-refractivity contribution < 1.29 is 0 Å². The fourth-order valence-electron chi connectivity index (χ4n) is 5.41. The van der Waals surface area contributed by atoms with E-state index < -0.39 is 0 Å². The van der Waals surface area contributed by atoms with Gasteiger partial charge >= 0.3 is 0 Å². The minimum absolute atomic E-state index is 0.160. The van der Waals surface area contributed by atoms with Crippen LogP contribution in [0.5, 0.6) is 0 Å². The van der Waals surface area contributed by atoms with Crippen molar-refractivity contribution in [1.29, 1.82) is 0 Å². The first-order valence-electron chi connectivity index (χ1n) is 10.7. The highest BCUT2D eigenvalue weighted by Crippen LogP contribution is 2.51. The molecule has 0 radical (unpaired) electrons. The number of benzene rings is 3. The molecule has 0 fully saturated rings. The highest BCUT2D eigenvalue weighted by Gasteiger charge is 2.38. The number of fused-ring (bicyclic) bond motifs is 4. The molecule has 5 rings (SSSR count). The first-order valence-corrected chi connectivity index (χ1v) is 10.7. The van der Waals surface area contributed by atoms with Gasteiger partial charge in [-0.15, -0.1) is 0 Å². The van der Waals surface area contributed by atoms with Gasteiger partial charge in [-0.05, 0) is 46.2 Å². The summed E-state index contributed by atoms with van der Waals surface area (Å²) in [4.78, 5) is 0. The van der Waals surface area contributed by atoms with E-state index in [-0.39, 0.29) is 5.41 Å². The van der Waals surface area contributed by atoms with Crippen molar-refractivity contribution in [1.82, 2.24) is 0 Å². The maximum Gasteiger partial charge on any atom is 0.0187 e. The van der Waals surface area contributed by atoms with Crippen molar-refractivity contribution in [3.63, 3.8) is 0 Å². The van der Waals surface area contributed by atoms with Gasteiger partial charge in [0.15, 0.2) is 0 Å². The normalized spacial score (nSPS) is 18.0. The van der Waals surface area contributed by atoms with Crippen LogP contribution in [0, 0.1) is 0 Å². The van der Waals surface area contributed by atoms with Crippen LogP contribution in [-0.2, 0) is 5.41 Å². The van der Waals surface area contributed by atoms with E-state index in [2.05, 4.69) is 91.9 Å². The summed E-state index contributed by atoms with van der Waals surface area (Å²) >= 11 is 0. The largest absolute Gasteiger partial charge is 0.0764 e. The predicted octanol–water partition coefficient (Wildman–Crippen LogP) is 7.73. The molecule has 2 aliphatic rings. The van der Waals surface area contributed by atoms with E-state index in [9.17, 15) is 0 Å². The molecule has 0 amide bonds. The predicted molar refractivity (Wildman–Crippen MR) is 120 cm³/mol. The average molecular weight is 365 g/mol. The van der Waals surface area contributed by atoms with E-state index in [1.807, 2.05) is 0 Å². The first-order chi connectivity index (χ1) is 13.8. The van der Waals surface area contributed by atoms with Gasteiger partial charge in [-0.3, -0.25) is 0 Å². The van der Waals surface area contributed by atoms with Crippen LogP contribution in [0.2, 0.25) is 0 Å². The van der Waals surface area contributed by atoms with Crippen LogP contribution in [-0.4, -0.2) is 0 Å². The summed E-state index contributed by atoms with van der Waals surface area (Å²) in [6.07, 6.45) is 11.1. The highest BCUT2D eigenvalue weighted by atomic mass is 14.4. The van der Waals surface area contributed by atoms with Crippen LogP contribution in [0.1, 0.15) is 67.2 Å². The third-order valence-electron chi connectivity index (χ3n) is 6.93. The second-order valence-corrected chi connectivity index (χ2v) is 8.62. The van der Waals surface area contributed by atoms with E-state index in [1.54, 1.807) is 0 Å². The standard InChI is InChI=1S/C28H28/c1-28(26-16-8-6-14-24(26)25-15-7-9-17-27(25)28)20-10-2-3-11-21-18-19-22-12-4-5-13-23(21)22/h4-9,12-19,21H,2-3,10-11,20H2,1H3. The van der Waals surface area contributed by atoms with Crippen LogP contribution in [0.4, 0.5) is 0 Å². The number of unbranched alkanes of at least 4 members (excludes halogenated alkanes) is 2. The van der Waals surface area contributed by atoms with Crippen LogP contribution < -0.4 is 0 Å². The SMILES string of the molecule is CC1(CCCCCC2C=Cc3ccccc32)c2ccccc2-c2ccccc21. The zero-order chi connectivity index (χ0) is 19.0. The molecule has 0 N–H and O–H groups in total. The van der Waals surface area contributed by atoms with Gasteiger partial charge in [-0.2, -0.15) is 0 Å². The van der Waals surface area contributed by atoms with Gasteiger partial charge in [0.1, 0.15) is 0 Å². The summed E-state index contributed by atoms with van der Waals surface area (Å²) in [5.74, 6) is 0.625. The van der Waals surface area contributed by atoms with Crippen molar-refractivity contribution in [2.45, 2.75) is 50.4 Å². The molecule has 0 bridgehead atoms. The lowest BCUT2D eigenvalue weighted by Crippen LogP contribution is -2.20. The van der Waals surface area contributed by atoms with E-state index in [0.29, 0.717) is 5.92 Å². The molecular formula is C28H28. The van der Waals surface area contributed by atoms with Crippen molar-refractivity contribution in [3.05, 3.63) is 101 Å². The molecular weight excluding hydrogens is 336 g/mol. The van der Waals surface area contributed by atoms with Crippen molar-refractivity contribution in [2.24, 2.45) is 0 Å². The molecule has 0 saturated heterocycles. The van der Waals surface area contributed by atoms with Crippen LogP contribution >= 0.6 is 0 Å². The summed E-state index contributed by atoms with van der Waals surface area (Å²) in [5.41, 5.74) is 9.01. The van der Waals surface area contributed by atoms with E-state index >= 15 is 0 Å². The Morgan fingerprint density at radius 2 is 1.36 bits per heavy atom. The average Bonchev–Trinajstić information content (AvgIpc) is 3.27. The van der Waals surface area contributed by atoms with E-state index in [4.69, 9.17) is 0 Å². The molecule has 140 valence electrons. The Morgan fingerprint density at radius 3 is 2.11 bits per heavy atom. The second-order valence-electron chi connectivity index (χ2n) is 8.62. The number of hydrogen-bond acceptors (Lipinski definition) is 0. The molecule has 0 saturated carbocycles. The molecule has 1 atom stereocenters. The molecule has 2 aliphatic carbocycles. The summed E-state index contributed by atoms with van der Waals surface area (Å²) in [6, 6.07) is 26.9.